The number of amides is 1. The third kappa shape index (κ3) is 5.32. The van der Waals surface area contributed by atoms with Gasteiger partial charge in [-0.05, 0) is 49.4 Å². The number of carbonyl (C=O) groups is 1. The van der Waals surface area contributed by atoms with E-state index in [-0.39, 0.29) is 28.1 Å². The molecule has 0 aliphatic heterocycles. The van der Waals surface area contributed by atoms with Crippen LogP contribution < -0.4 is 10.0 Å². The van der Waals surface area contributed by atoms with Crippen LogP contribution in [0.2, 0.25) is 0 Å². The zero-order valence-corrected chi connectivity index (χ0v) is 16.3. The van der Waals surface area contributed by atoms with Crippen LogP contribution in [0, 0.1) is 17.3 Å². The molecule has 2 rings (SSSR count). The summed E-state index contributed by atoms with van der Waals surface area (Å²) in [4.78, 5) is 12.2. The Morgan fingerprint density at radius 3 is 2.22 bits per heavy atom. The smallest absolute Gasteiger partial charge is 0.326 e. The van der Waals surface area contributed by atoms with E-state index < -0.39 is 22.7 Å². The number of alkyl halides is 3. The second-order valence-corrected chi connectivity index (χ2v) is 9.29. The Bertz CT molecular complexity index is 840. The lowest BCUT2D eigenvalue weighted by molar-refractivity contribution is -0.121. The van der Waals surface area contributed by atoms with Crippen LogP contribution in [0.4, 0.5) is 18.9 Å². The molecule has 0 radical (unpaired) electrons. The predicted molar refractivity (Wildman–Crippen MR) is 96.5 cm³/mol. The van der Waals surface area contributed by atoms with Gasteiger partial charge in [0, 0.05) is 5.69 Å². The Kier molecular flexibility index (Phi) is 5.77. The standard InChI is InChI=1S/C18H23F3N2O3S/c1-11(2)9-14-15(17(14,3)4)16(24)23-12-5-7-13(8-6-12)27(25,26)22-10-18(19,20)21/h5-9,14-15,22H,10H2,1-4H3,(H,23,24). The van der Waals surface area contributed by atoms with Crippen molar-refractivity contribution in [2.45, 2.75) is 38.8 Å². The van der Waals surface area contributed by atoms with Crippen molar-refractivity contribution < 1.29 is 26.4 Å². The highest BCUT2D eigenvalue weighted by molar-refractivity contribution is 7.89. The summed E-state index contributed by atoms with van der Waals surface area (Å²) in [5.74, 6) is -0.230. The fourth-order valence-electron chi connectivity index (χ4n) is 3.05. The fourth-order valence-corrected chi connectivity index (χ4v) is 4.06. The van der Waals surface area contributed by atoms with Gasteiger partial charge in [0.15, 0.2) is 0 Å². The first-order valence-corrected chi connectivity index (χ1v) is 9.85. The number of sulfonamides is 1. The monoisotopic (exact) mass is 404 g/mol. The number of halogens is 3. The van der Waals surface area contributed by atoms with Crippen molar-refractivity contribution >= 4 is 21.6 Å². The SMILES string of the molecule is CC(C)=CC1C(C(=O)Nc2ccc(S(=O)(=O)NCC(F)(F)F)cc2)C1(C)C. The molecule has 1 saturated carbocycles. The number of allylic oxidation sites excluding steroid dienone is 2. The minimum Gasteiger partial charge on any atom is -0.326 e. The van der Waals surface area contributed by atoms with Gasteiger partial charge in [-0.15, -0.1) is 0 Å². The number of hydrogen-bond acceptors (Lipinski definition) is 3. The Morgan fingerprint density at radius 1 is 1.19 bits per heavy atom. The predicted octanol–water partition coefficient (Wildman–Crippen LogP) is 3.70. The molecule has 2 unspecified atom stereocenters. The Labute approximate surface area is 157 Å². The number of carbonyl (C=O) groups excluding carboxylic acids is 1. The quantitative estimate of drug-likeness (QED) is 0.710. The molecule has 1 aliphatic carbocycles. The molecule has 27 heavy (non-hydrogen) atoms. The van der Waals surface area contributed by atoms with Crippen molar-refractivity contribution in [1.82, 2.24) is 4.72 Å². The summed E-state index contributed by atoms with van der Waals surface area (Å²) in [6, 6.07) is 5.01. The van der Waals surface area contributed by atoms with E-state index in [1.165, 1.54) is 16.9 Å². The zero-order chi connectivity index (χ0) is 20.6. The van der Waals surface area contributed by atoms with E-state index in [1.54, 1.807) is 0 Å². The maximum absolute atomic E-state index is 12.5. The van der Waals surface area contributed by atoms with Gasteiger partial charge in [-0.2, -0.15) is 13.2 Å². The Morgan fingerprint density at radius 2 is 1.74 bits per heavy atom. The lowest BCUT2D eigenvalue weighted by Gasteiger charge is -2.10. The van der Waals surface area contributed by atoms with E-state index in [0.717, 1.165) is 17.7 Å². The van der Waals surface area contributed by atoms with Gasteiger partial charge in [-0.1, -0.05) is 25.5 Å². The van der Waals surface area contributed by atoms with Crippen LogP contribution in [0.15, 0.2) is 40.8 Å². The molecule has 1 amide bonds. The van der Waals surface area contributed by atoms with Crippen molar-refractivity contribution in [2.75, 3.05) is 11.9 Å². The molecule has 0 saturated heterocycles. The highest BCUT2D eigenvalue weighted by Crippen LogP contribution is 2.59. The molecule has 2 atom stereocenters. The third-order valence-electron chi connectivity index (χ3n) is 4.60. The second-order valence-electron chi connectivity index (χ2n) is 7.52. The van der Waals surface area contributed by atoms with E-state index in [1.807, 2.05) is 27.7 Å². The van der Waals surface area contributed by atoms with Crippen molar-refractivity contribution in [1.29, 1.82) is 0 Å². The Hall–Kier alpha value is -1.87. The van der Waals surface area contributed by atoms with Gasteiger partial charge < -0.3 is 5.32 Å². The first-order chi connectivity index (χ1) is 12.2. The lowest BCUT2D eigenvalue weighted by atomic mass is 10.1. The maximum atomic E-state index is 12.5. The highest BCUT2D eigenvalue weighted by atomic mass is 32.2. The first-order valence-electron chi connectivity index (χ1n) is 8.36. The molecule has 1 aromatic rings. The van der Waals surface area contributed by atoms with Crippen LogP contribution in [-0.4, -0.2) is 27.0 Å². The van der Waals surface area contributed by atoms with Crippen LogP contribution in [0.5, 0.6) is 0 Å². The molecule has 9 heteroatoms. The van der Waals surface area contributed by atoms with E-state index in [2.05, 4.69) is 11.4 Å². The van der Waals surface area contributed by atoms with Gasteiger partial charge in [0.25, 0.3) is 0 Å². The molecule has 2 N–H and O–H groups in total. The van der Waals surface area contributed by atoms with Gasteiger partial charge in [0.05, 0.1) is 10.8 Å². The summed E-state index contributed by atoms with van der Waals surface area (Å²) in [5.41, 5.74) is 1.35. The first kappa shape index (κ1) is 21.4. The van der Waals surface area contributed by atoms with Gasteiger partial charge >= 0.3 is 6.18 Å². The normalized spacial score (nSPS) is 21.4. The molecule has 0 heterocycles. The second kappa shape index (κ2) is 7.27. The molecule has 1 fully saturated rings. The molecule has 5 nitrogen and oxygen atoms in total. The van der Waals surface area contributed by atoms with Crippen LogP contribution >= 0.6 is 0 Å². The molecule has 1 aromatic carbocycles. The Balaban J connectivity index is 2.04. The van der Waals surface area contributed by atoms with Gasteiger partial charge in [-0.25, -0.2) is 13.1 Å². The summed E-state index contributed by atoms with van der Waals surface area (Å²) in [7, 11) is -4.27. The van der Waals surface area contributed by atoms with E-state index in [4.69, 9.17) is 0 Å². The molecule has 150 valence electrons. The largest absolute Gasteiger partial charge is 0.402 e. The number of benzene rings is 1. The topological polar surface area (TPSA) is 75.3 Å². The summed E-state index contributed by atoms with van der Waals surface area (Å²) < 4.78 is 61.8. The van der Waals surface area contributed by atoms with Crippen LogP contribution in [0.3, 0.4) is 0 Å². The van der Waals surface area contributed by atoms with E-state index in [9.17, 15) is 26.4 Å². The van der Waals surface area contributed by atoms with Crippen molar-refractivity contribution in [3.05, 3.63) is 35.9 Å². The summed E-state index contributed by atoms with van der Waals surface area (Å²) in [6.45, 7) is 6.30. The molecular formula is C18H23F3N2O3S. The number of rotatable bonds is 6. The zero-order valence-electron chi connectivity index (χ0n) is 15.5. The minimum absolute atomic E-state index is 0.133. The van der Waals surface area contributed by atoms with Gasteiger partial charge in [-0.3, -0.25) is 4.79 Å². The summed E-state index contributed by atoms with van der Waals surface area (Å²) >= 11 is 0. The molecule has 0 spiro atoms. The third-order valence-corrected chi connectivity index (χ3v) is 6.02. The minimum atomic E-state index is -4.64. The van der Waals surface area contributed by atoms with E-state index >= 15 is 0 Å². The van der Waals surface area contributed by atoms with Crippen molar-refractivity contribution in [3.8, 4) is 0 Å². The van der Waals surface area contributed by atoms with Crippen LogP contribution in [0.25, 0.3) is 0 Å². The van der Waals surface area contributed by atoms with E-state index in [0.29, 0.717) is 5.69 Å². The fraction of sp³-hybridized carbons (Fsp3) is 0.500. The molecule has 1 aliphatic rings. The average Bonchev–Trinajstić information content (AvgIpc) is 3.05. The number of nitrogens with one attached hydrogen (secondary N) is 2. The summed E-state index contributed by atoms with van der Waals surface area (Å²) in [6.07, 6.45) is -2.58. The van der Waals surface area contributed by atoms with Gasteiger partial charge in [0.1, 0.15) is 6.54 Å². The van der Waals surface area contributed by atoms with Crippen molar-refractivity contribution in [2.24, 2.45) is 17.3 Å². The summed E-state index contributed by atoms with van der Waals surface area (Å²) in [5, 5.41) is 2.73. The van der Waals surface area contributed by atoms with Crippen molar-refractivity contribution in [3.63, 3.8) is 0 Å². The van der Waals surface area contributed by atoms with Crippen LogP contribution in [0.1, 0.15) is 27.7 Å². The van der Waals surface area contributed by atoms with Gasteiger partial charge in [0.2, 0.25) is 15.9 Å². The number of anilines is 1. The number of hydrogen-bond donors (Lipinski definition) is 2. The highest BCUT2D eigenvalue weighted by Gasteiger charge is 2.60. The molecule has 0 bridgehead atoms. The average molecular weight is 404 g/mol. The molecular weight excluding hydrogens is 381 g/mol. The molecule has 0 aromatic heterocycles. The lowest BCUT2D eigenvalue weighted by Crippen LogP contribution is -2.33. The van der Waals surface area contributed by atoms with Crippen LogP contribution in [-0.2, 0) is 14.8 Å². The maximum Gasteiger partial charge on any atom is 0.402 e.